The monoisotopic (exact) mass is 494 g/mol. The van der Waals surface area contributed by atoms with Gasteiger partial charge < -0.3 is 24.7 Å². The van der Waals surface area contributed by atoms with Crippen LogP contribution in [0.5, 0.6) is 0 Å². The van der Waals surface area contributed by atoms with Crippen molar-refractivity contribution >= 4 is 23.7 Å². The highest BCUT2D eigenvalue weighted by molar-refractivity contribution is 6.00. The van der Waals surface area contributed by atoms with Gasteiger partial charge >= 0.3 is 11.9 Å². The van der Waals surface area contributed by atoms with E-state index in [9.17, 15) is 20.0 Å². The Bertz CT molecular complexity index is 1170. The van der Waals surface area contributed by atoms with Gasteiger partial charge in [-0.1, -0.05) is 48.5 Å². The fraction of sp³-hybridized carbons (Fsp3) is 0.259. The number of benzene rings is 2. The van der Waals surface area contributed by atoms with Crippen molar-refractivity contribution in [3.63, 3.8) is 0 Å². The zero-order chi connectivity index (χ0) is 26.1. The predicted molar refractivity (Wildman–Crippen MR) is 133 cm³/mol. The van der Waals surface area contributed by atoms with E-state index in [0.717, 1.165) is 5.56 Å². The highest BCUT2D eigenvalue weighted by Gasteiger charge is 2.38. The Hall–Kier alpha value is -3.76. The summed E-state index contributed by atoms with van der Waals surface area (Å²) in [5.74, 6) is -2.14. The molecule has 0 amide bonds. The van der Waals surface area contributed by atoms with Crippen LogP contribution in [0.1, 0.15) is 30.9 Å². The minimum absolute atomic E-state index is 0.0166. The SMILES string of the molecule is COCCOC(=O)C1=C(C)NC(C)=C(C(=O)OCC=Cc2ccccc2)C1c1cccc([NH+]([O-])O)c1. The molecule has 190 valence electrons. The van der Waals surface area contributed by atoms with E-state index in [1.807, 2.05) is 36.4 Å². The number of esters is 2. The first-order valence-corrected chi connectivity index (χ1v) is 11.4. The summed E-state index contributed by atoms with van der Waals surface area (Å²) in [6.45, 7) is 3.67. The zero-order valence-corrected chi connectivity index (χ0v) is 20.4. The van der Waals surface area contributed by atoms with Crippen molar-refractivity contribution < 1.29 is 34.2 Å². The summed E-state index contributed by atoms with van der Waals surface area (Å²) in [6.07, 6.45) is 3.56. The van der Waals surface area contributed by atoms with E-state index in [1.165, 1.54) is 19.2 Å². The number of quaternary nitrogens is 1. The average Bonchev–Trinajstić information content (AvgIpc) is 2.86. The van der Waals surface area contributed by atoms with Gasteiger partial charge in [0.05, 0.1) is 23.7 Å². The molecule has 3 rings (SSSR count). The van der Waals surface area contributed by atoms with Gasteiger partial charge in [0.25, 0.3) is 0 Å². The van der Waals surface area contributed by atoms with Crippen molar-refractivity contribution in [1.29, 1.82) is 0 Å². The second kappa shape index (κ2) is 12.8. The number of hydrogen-bond acceptors (Lipinski definition) is 8. The van der Waals surface area contributed by atoms with E-state index >= 15 is 0 Å². The van der Waals surface area contributed by atoms with Crippen LogP contribution in [0.2, 0.25) is 0 Å². The molecule has 1 aliphatic heterocycles. The second-order valence-electron chi connectivity index (χ2n) is 8.11. The number of rotatable bonds is 10. The molecule has 0 aliphatic carbocycles. The third kappa shape index (κ3) is 6.67. The van der Waals surface area contributed by atoms with E-state index < -0.39 is 23.1 Å². The molecule has 1 aliphatic rings. The van der Waals surface area contributed by atoms with E-state index in [2.05, 4.69) is 5.32 Å². The summed E-state index contributed by atoms with van der Waals surface area (Å²) in [5, 5.41) is 23.1. The van der Waals surface area contributed by atoms with Crippen molar-refractivity contribution in [2.45, 2.75) is 19.8 Å². The summed E-state index contributed by atoms with van der Waals surface area (Å²) in [7, 11) is 1.49. The van der Waals surface area contributed by atoms with Gasteiger partial charge in [-0.15, -0.1) is 0 Å². The normalized spacial score (nSPS) is 16.6. The first-order chi connectivity index (χ1) is 17.3. The molecule has 0 fully saturated rings. The van der Waals surface area contributed by atoms with Gasteiger partial charge in [-0.25, -0.2) is 14.8 Å². The molecular weight excluding hydrogens is 464 g/mol. The van der Waals surface area contributed by atoms with Crippen molar-refractivity contribution in [3.8, 4) is 0 Å². The Morgan fingerprint density at radius 3 is 2.31 bits per heavy atom. The summed E-state index contributed by atoms with van der Waals surface area (Å²) >= 11 is 0. The number of carbonyl (C=O) groups excluding carboxylic acids is 2. The molecule has 2 aromatic carbocycles. The van der Waals surface area contributed by atoms with Gasteiger partial charge in [0, 0.05) is 30.6 Å². The Morgan fingerprint density at radius 1 is 1.00 bits per heavy atom. The first-order valence-electron chi connectivity index (χ1n) is 11.4. The van der Waals surface area contributed by atoms with Crippen LogP contribution in [0.25, 0.3) is 6.08 Å². The molecule has 0 saturated heterocycles. The largest absolute Gasteiger partial charge is 0.595 e. The molecule has 0 aromatic heterocycles. The molecular formula is C27H30N2O7. The molecule has 9 heteroatoms. The molecule has 1 heterocycles. The summed E-state index contributed by atoms with van der Waals surface area (Å²) in [5.41, 5.74) is 2.87. The number of dihydropyridines is 1. The van der Waals surface area contributed by atoms with E-state index in [0.29, 0.717) is 17.0 Å². The second-order valence-corrected chi connectivity index (χ2v) is 8.11. The third-order valence-electron chi connectivity index (χ3n) is 5.61. The van der Waals surface area contributed by atoms with E-state index in [-0.39, 0.29) is 36.7 Å². The molecule has 0 saturated carbocycles. The van der Waals surface area contributed by atoms with Crippen molar-refractivity contribution in [3.05, 3.63) is 99.5 Å². The number of nitrogens with one attached hydrogen (secondary N) is 2. The minimum Gasteiger partial charge on any atom is -0.595 e. The smallest absolute Gasteiger partial charge is 0.337 e. The fourth-order valence-electron chi connectivity index (χ4n) is 3.97. The molecule has 3 N–H and O–H groups in total. The number of ether oxygens (including phenoxy) is 3. The van der Waals surface area contributed by atoms with Crippen LogP contribution in [-0.4, -0.2) is 44.1 Å². The van der Waals surface area contributed by atoms with E-state index in [1.54, 1.807) is 32.1 Å². The van der Waals surface area contributed by atoms with Gasteiger partial charge in [-0.05, 0) is 31.1 Å². The Morgan fingerprint density at radius 2 is 1.67 bits per heavy atom. The fourth-order valence-corrected chi connectivity index (χ4v) is 3.97. The lowest BCUT2D eigenvalue weighted by Crippen LogP contribution is -2.99. The summed E-state index contributed by atoms with van der Waals surface area (Å²) in [4.78, 5) is 26.4. The van der Waals surface area contributed by atoms with E-state index in [4.69, 9.17) is 14.2 Å². The van der Waals surface area contributed by atoms with Crippen molar-refractivity contribution in [2.24, 2.45) is 0 Å². The quantitative estimate of drug-likeness (QED) is 0.262. The van der Waals surface area contributed by atoms with Crippen LogP contribution < -0.4 is 10.5 Å². The Labute approximate surface area is 209 Å². The van der Waals surface area contributed by atoms with Gasteiger partial charge in [0.2, 0.25) is 0 Å². The van der Waals surface area contributed by atoms with Crippen LogP contribution in [0.3, 0.4) is 0 Å². The maximum atomic E-state index is 13.3. The first kappa shape index (κ1) is 26.8. The van der Waals surface area contributed by atoms with Crippen LogP contribution in [-0.2, 0) is 23.8 Å². The zero-order valence-electron chi connectivity index (χ0n) is 20.4. The third-order valence-corrected chi connectivity index (χ3v) is 5.61. The van der Waals surface area contributed by atoms with Crippen molar-refractivity contribution in [1.82, 2.24) is 5.32 Å². The molecule has 0 bridgehead atoms. The lowest BCUT2D eigenvalue weighted by atomic mass is 9.80. The van der Waals surface area contributed by atoms with Gasteiger partial charge in [-0.3, -0.25) is 0 Å². The van der Waals surface area contributed by atoms with Crippen LogP contribution >= 0.6 is 0 Å². The average molecular weight is 495 g/mol. The Balaban J connectivity index is 1.93. The highest BCUT2D eigenvalue weighted by atomic mass is 16.8. The van der Waals surface area contributed by atoms with Crippen LogP contribution in [0.15, 0.2) is 83.2 Å². The van der Waals surface area contributed by atoms with Gasteiger partial charge in [0.1, 0.15) is 13.2 Å². The summed E-state index contributed by atoms with van der Waals surface area (Å²) < 4.78 is 15.9. The number of allylic oxidation sites excluding steroid dienone is 2. The summed E-state index contributed by atoms with van der Waals surface area (Å²) in [6, 6.07) is 15.7. The molecule has 0 spiro atoms. The topological polar surface area (TPSA) is 122 Å². The lowest BCUT2D eigenvalue weighted by Gasteiger charge is -2.30. The molecule has 2 unspecified atom stereocenters. The number of methoxy groups -OCH3 is 1. The van der Waals surface area contributed by atoms with Crippen LogP contribution in [0.4, 0.5) is 5.69 Å². The standard InChI is InChI=1S/C27H30N2O7/c1-18-23(26(30)35-14-8-11-20-9-5-4-6-10-20)25(21-12-7-13-22(17-21)29(32)33)24(19(2)28-18)27(31)36-16-15-34-3/h4-13,17,25,28-29,32H,14-16H2,1-3H3. The maximum Gasteiger partial charge on any atom is 0.337 e. The molecule has 9 nitrogen and oxygen atoms in total. The minimum atomic E-state index is -1.12. The predicted octanol–water partition coefficient (Wildman–Crippen LogP) is 2.77. The maximum absolute atomic E-state index is 13.3. The molecule has 0 radical (unpaired) electrons. The van der Waals surface area contributed by atoms with Crippen molar-refractivity contribution in [2.75, 3.05) is 26.9 Å². The Kier molecular flexibility index (Phi) is 9.54. The molecule has 2 aromatic rings. The molecule has 36 heavy (non-hydrogen) atoms. The number of hydrogen-bond donors (Lipinski definition) is 3. The lowest BCUT2D eigenvalue weighted by molar-refractivity contribution is -0.991. The molecule has 2 atom stereocenters. The van der Waals surface area contributed by atoms with Crippen LogP contribution in [0, 0.1) is 5.21 Å². The van der Waals surface area contributed by atoms with Gasteiger partial charge in [0.15, 0.2) is 5.69 Å². The number of carbonyl (C=O) groups is 2. The highest BCUT2D eigenvalue weighted by Crippen LogP contribution is 2.39. The van der Waals surface area contributed by atoms with Gasteiger partial charge in [-0.2, -0.15) is 5.23 Å².